The molecule has 1 aromatic carbocycles. The average molecular weight is 278 g/mol. The van der Waals surface area contributed by atoms with E-state index in [1.807, 2.05) is 31.3 Å². The summed E-state index contributed by atoms with van der Waals surface area (Å²) in [7, 11) is 1.99. The molecule has 100 valence electrons. The molecule has 1 heterocycles. The van der Waals surface area contributed by atoms with E-state index in [2.05, 4.69) is 15.5 Å². The maximum absolute atomic E-state index is 5.86. The standard InChI is InChI=1S/C14H16ClN3O/c1-16-12(9-2-3-9)8-13-17-14(18-19-13)10-4-6-11(15)7-5-10/h4-7,9,12,16H,2-3,8H2,1H3. The summed E-state index contributed by atoms with van der Waals surface area (Å²) < 4.78 is 5.33. The molecule has 0 amide bonds. The van der Waals surface area contributed by atoms with E-state index in [1.165, 1.54) is 12.8 Å². The largest absolute Gasteiger partial charge is 0.339 e. The van der Waals surface area contributed by atoms with E-state index < -0.39 is 0 Å². The molecule has 1 aliphatic rings. The number of benzene rings is 1. The Morgan fingerprint density at radius 3 is 2.74 bits per heavy atom. The van der Waals surface area contributed by atoms with E-state index in [4.69, 9.17) is 16.1 Å². The number of rotatable bonds is 5. The fourth-order valence-corrected chi connectivity index (χ4v) is 2.37. The van der Waals surface area contributed by atoms with Crippen molar-refractivity contribution in [2.45, 2.75) is 25.3 Å². The third kappa shape index (κ3) is 2.96. The van der Waals surface area contributed by atoms with E-state index in [9.17, 15) is 0 Å². The molecule has 0 bridgehead atoms. The summed E-state index contributed by atoms with van der Waals surface area (Å²) in [6.45, 7) is 0. The van der Waals surface area contributed by atoms with Crippen LogP contribution in [0.25, 0.3) is 11.4 Å². The smallest absolute Gasteiger partial charge is 0.228 e. The van der Waals surface area contributed by atoms with E-state index in [1.54, 1.807) is 0 Å². The van der Waals surface area contributed by atoms with Crippen LogP contribution in [0.3, 0.4) is 0 Å². The van der Waals surface area contributed by atoms with Crippen molar-refractivity contribution in [1.82, 2.24) is 15.5 Å². The highest BCUT2D eigenvalue weighted by molar-refractivity contribution is 6.30. The average Bonchev–Trinajstić information content (AvgIpc) is 3.16. The highest BCUT2D eigenvalue weighted by Gasteiger charge is 2.31. The number of nitrogens with one attached hydrogen (secondary N) is 1. The zero-order valence-electron chi connectivity index (χ0n) is 10.8. The topological polar surface area (TPSA) is 51.0 Å². The van der Waals surface area contributed by atoms with Gasteiger partial charge in [-0.05, 0) is 50.1 Å². The molecule has 0 saturated heterocycles. The first-order valence-electron chi connectivity index (χ1n) is 6.52. The SMILES string of the molecule is CNC(Cc1nc(-c2ccc(Cl)cc2)no1)C1CC1. The van der Waals surface area contributed by atoms with E-state index in [0.29, 0.717) is 22.8 Å². The maximum Gasteiger partial charge on any atom is 0.228 e. The quantitative estimate of drug-likeness (QED) is 0.913. The van der Waals surface area contributed by atoms with Crippen molar-refractivity contribution in [3.63, 3.8) is 0 Å². The monoisotopic (exact) mass is 277 g/mol. The number of hydrogen-bond acceptors (Lipinski definition) is 4. The molecule has 1 aromatic heterocycles. The summed E-state index contributed by atoms with van der Waals surface area (Å²) in [5.41, 5.74) is 0.923. The molecule has 1 N–H and O–H groups in total. The van der Waals surface area contributed by atoms with Gasteiger partial charge in [0, 0.05) is 23.0 Å². The Morgan fingerprint density at radius 1 is 1.37 bits per heavy atom. The summed E-state index contributed by atoms with van der Waals surface area (Å²) in [6, 6.07) is 7.89. The lowest BCUT2D eigenvalue weighted by molar-refractivity contribution is 0.352. The van der Waals surface area contributed by atoms with Gasteiger partial charge in [-0.15, -0.1) is 0 Å². The zero-order valence-corrected chi connectivity index (χ0v) is 11.5. The number of halogens is 1. The third-order valence-corrected chi connectivity index (χ3v) is 3.78. The summed E-state index contributed by atoms with van der Waals surface area (Å²) >= 11 is 5.86. The van der Waals surface area contributed by atoms with Gasteiger partial charge in [-0.2, -0.15) is 4.98 Å². The van der Waals surface area contributed by atoms with Gasteiger partial charge < -0.3 is 9.84 Å². The van der Waals surface area contributed by atoms with E-state index >= 15 is 0 Å². The second-order valence-electron chi connectivity index (χ2n) is 4.96. The van der Waals surface area contributed by atoms with Crippen molar-refractivity contribution in [3.8, 4) is 11.4 Å². The summed E-state index contributed by atoms with van der Waals surface area (Å²) in [6.07, 6.45) is 3.38. The van der Waals surface area contributed by atoms with Crippen molar-refractivity contribution in [1.29, 1.82) is 0 Å². The first kappa shape index (κ1) is 12.6. The molecule has 0 spiro atoms. The Balaban J connectivity index is 1.73. The van der Waals surface area contributed by atoms with Gasteiger partial charge in [0.1, 0.15) is 0 Å². The van der Waals surface area contributed by atoms with Crippen LogP contribution in [0.2, 0.25) is 5.02 Å². The molecule has 5 heteroatoms. The number of nitrogens with zero attached hydrogens (tertiary/aromatic N) is 2. The number of hydrogen-bond donors (Lipinski definition) is 1. The van der Waals surface area contributed by atoms with Crippen LogP contribution in [0.15, 0.2) is 28.8 Å². The van der Waals surface area contributed by atoms with Crippen LogP contribution in [0.1, 0.15) is 18.7 Å². The molecule has 1 atom stereocenters. The predicted molar refractivity (Wildman–Crippen MR) is 74.0 cm³/mol. The summed E-state index contributed by atoms with van der Waals surface area (Å²) in [4.78, 5) is 4.45. The van der Waals surface area contributed by atoms with E-state index in [-0.39, 0.29) is 0 Å². The maximum atomic E-state index is 5.86. The molecule has 3 rings (SSSR count). The Kier molecular flexibility index (Phi) is 3.53. The molecule has 1 fully saturated rings. The lowest BCUT2D eigenvalue weighted by Gasteiger charge is -2.11. The van der Waals surface area contributed by atoms with Crippen LogP contribution < -0.4 is 5.32 Å². The molecule has 4 nitrogen and oxygen atoms in total. The lowest BCUT2D eigenvalue weighted by Crippen LogP contribution is -2.29. The normalized spacial score (nSPS) is 16.5. The van der Waals surface area contributed by atoms with Gasteiger partial charge in [0.2, 0.25) is 11.7 Å². The van der Waals surface area contributed by atoms with Crippen molar-refractivity contribution in [3.05, 3.63) is 35.2 Å². The van der Waals surface area contributed by atoms with Crippen molar-refractivity contribution in [2.75, 3.05) is 7.05 Å². The molecule has 19 heavy (non-hydrogen) atoms. The van der Waals surface area contributed by atoms with Crippen LogP contribution in [0.4, 0.5) is 0 Å². The number of likely N-dealkylation sites (N-methyl/N-ethyl adjacent to an activating group) is 1. The fourth-order valence-electron chi connectivity index (χ4n) is 2.25. The van der Waals surface area contributed by atoms with Crippen LogP contribution >= 0.6 is 11.6 Å². The molecule has 0 aliphatic heterocycles. The van der Waals surface area contributed by atoms with Crippen molar-refractivity contribution in [2.24, 2.45) is 5.92 Å². The second-order valence-corrected chi connectivity index (χ2v) is 5.39. The van der Waals surface area contributed by atoms with Gasteiger partial charge in [-0.3, -0.25) is 0 Å². The molecular weight excluding hydrogens is 262 g/mol. The third-order valence-electron chi connectivity index (χ3n) is 3.53. The van der Waals surface area contributed by atoms with Crippen molar-refractivity contribution >= 4 is 11.6 Å². The molecule has 1 aliphatic carbocycles. The lowest BCUT2D eigenvalue weighted by atomic mass is 10.1. The summed E-state index contributed by atoms with van der Waals surface area (Å²) in [5, 5.41) is 8.06. The van der Waals surface area contributed by atoms with Gasteiger partial charge in [0.15, 0.2) is 0 Å². The first-order valence-corrected chi connectivity index (χ1v) is 6.90. The Bertz CT molecular complexity index is 548. The van der Waals surface area contributed by atoms with Gasteiger partial charge in [0.05, 0.1) is 0 Å². The highest BCUT2D eigenvalue weighted by Crippen LogP contribution is 2.33. The molecular formula is C14H16ClN3O. The van der Waals surface area contributed by atoms with Crippen LogP contribution in [0.5, 0.6) is 0 Å². The first-order chi connectivity index (χ1) is 9.26. The summed E-state index contributed by atoms with van der Waals surface area (Å²) in [5.74, 6) is 2.07. The number of aromatic nitrogens is 2. The minimum atomic E-state index is 0.443. The molecule has 0 radical (unpaired) electrons. The molecule has 1 unspecified atom stereocenters. The Morgan fingerprint density at radius 2 is 2.11 bits per heavy atom. The van der Waals surface area contributed by atoms with Crippen LogP contribution in [-0.2, 0) is 6.42 Å². The zero-order chi connectivity index (χ0) is 13.2. The fraction of sp³-hybridized carbons (Fsp3) is 0.429. The van der Waals surface area contributed by atoms with Gasteiger partial charge in [-0.25, -0.2) is 0 Å². The van der Waals surface area contributed by atoms with Crippen molar-refractivity contribution < 1.29 is 4.52 Å². The van der Waals surface area contributed by atoms with Gasteiger partial charge in [-0.1, -0.05) is 16.8 Å². The predicted octanol–water partition coefficient (Wildman–Crippen LogP) is 2.93. The highest BCUT2D eigenvalue weighted by atomic mass is 35.5. The van der Waals surface area contributed by atoms with Crippen LogP contribution in [0, 0.1) is 5.92 Å². The minimum Gasteiger partial charge on any atom is -0.339 e. The molecule has 1 saturated carbocycles. The second kappa shape index (κ2) is 5.31. The van der Waals surface area contributed by atoms with Gasteiger partial charge >= 0.3 is 0 Å². The van der Waals surface area contributed by atoms with Crippen LogP contribution in [-0.4, -0.2) is 23.2 Å². The Hall–Kier alpha value is -1.39. The Labute approximate surface area is 117 Å². The van der Waals surface area contributed by atoms with E-state index in [0.717, 1.165) is 17.9 Å². The van der Waals surface area contributed by atoms with Gasteiger partial charge in [0.25, 0.3) is 0 Å². The molecule has 2 aromatic rings. The minimum absolute atomic E-state index is 0.443.